The van der Waals surface area contributed by atoms with Crippen LogP contribution in [0.2, 0.25) is 5.02 Å². The third-order valence-electron chi connectivity index (χ3n) is 4.53. The third kappa shape index (κ3) is 5.99. The summed E-state index contributed by atoms with van der Waals surface area (Å²) in [6.07, 6.45) is 0.0203. The molecule has 2 atom stereocenters. The molecule has 0 unspecified atom stereocenters. The standard InChI is InChI=1S/C22H26ClNO4/c1-5-14(2)18-8-6-7-9-20(18)24-22(26)16(4)28-21(25)13-27-17-10-11-19(23)15(3)12-17/h6-12,14,16H,5,13H2,1-4H3,(H,24,26)/t14-,16+/m1/s1. The average Bonchev–Trinajstić information content (AvgIpc) is 2.68. The average molecular weight is 404 g/mol. The monoisotopic (exact) mass is 403 g/mol. The lowest BCUT2D eigenvalue weighted by Crippen LogP contribution is -2.32. The zero-order valence-corrected chi connectivity index (χ0v) is 17.4. The maximum absolute atomic E-state index is 12.4. The summed E-state index contributed by atoms with van der Waals surface area (Å²) in [4.78, 5) is 24.4. The predicted octanol–water partition coefficient (Wildman–Crippen LogP) is 5.11. The van der Waals surface area contributed by atoms with E-state index in [4.69, 9.17) is 21.1 Å². The molecule has 0 spiro atoms. The van der Waals surface area contributed by atoms with Crippen LogP contribution in [-0.2, 0) is 14.3 Å². The van der Waals surface area contributed by atoms with E-state index in [2.05, 4.69) is 19.2 Å². The third-order valence-corrected chi connectivity index (χ3v) is 4.95. The van der Waals surface area contributed by atoms with Gasteiger partial charge in [-0.15, -0.1) is 0 Å². The van der Waals surface area contributed by atoms with E-state index < -0.39 is 12.1 Å². The van der Waals surface area contributed by atoms with Crippen molar-refractivity contribution < 1.29 is 19.1 Å². The Labute approximate surface area is 171 Å². The van der Waals surface area contributed by atoms with Crippen LogP contribution in [0, 0.1) is 6.92 Å². The van der Waals surface area contributed by atoms with Crippen molar-refractivity contribution in [2.75, 3.05) is 11.9 Å². The molecule has 150 valence electrons. The largest absolute Gasteiger partial charge is 0.482 e. The van der Waals surface area contributed by atoms with Crippen molar-refractivity contribution in [3.8, 4) is 5.75 Å². The molecule has 0 bridgehead atoms. The number of halogens is 1. The van der Waals surface area contributed by atoms with Gasteiger partial charge in [0, 0.05) is 10.7 Å². The minimum atomic E-state index is -0.937. The van der Waals surface area contributed by atoms with Gasteiger partial charge >= 0.3 is 5.97 Å². The number of ether oxygens (including phenoxy) is 2. The Morgan fingerprint density at radius 2 is 1.86 bits per heavy atom. The highest BCUT2D eigenvalue weighted by atomic mass is 35.5. The Morgan fingerprint density at radius 3 is 2.54 bits per heavy atom. The lowest BCUT2D eigenvalue weighted by molar-refractivity contribution is -0.155. The molecule has 0 saturated heterocycles. The number of para-hydroxylation sites is 1. The number of esters is 1. The predicted molar refractivity (Wildman–Crippen MR) is 111 cm³/mol. The van der Waals surface area contributed by atoms with Crippen molar-refractivity contribution in [2.45, 2.75) is 46.1 Å². The Bertz CT molecular complexity index is 837. The summed E-state index contributed by atoms with van der Waals surface area (Å²) in [5.41, 5.74) is 2.64. The second-order valence-electron chi connectivity index (χ2n) is 6.72. The molecule has 28 heavy (non-hydrogen) atoms. The molecule has 6 heteroatoms. The van der Waals surface area contributed by atoms with Gasteiger partial charge in [0.1, 0.15) is 5.75 Å². The quantitative estimate of drug-likeness (QED) is 0.622. The summed E-state index contributed by atoms with van der Waals surface area (Å²) in [6.45, 7) is 7.28. The van der Waals surface area contributed by atoms with Crippen LogP contribution in [0.25, 0.3) is 0 Å². The molecule has 1 amide bonds. The summed E-state index contributed by atoms with van der Waals surface area (Å²) in [6, 6.07) is 12.7. The lowest BCUT2D eigenvalue weighted by Gasteiger charge is -2.18. The number of carbonyl (C=O) groups is 2. The van der Waals surface area contributed by atoms with Crippen molar-refractivity contribution in [3.63, 3.8) is 0 Å². The van der Waals surface area contributed by atoms with Gasteiger partial charge in [-0.3, -0.25) is 4.79 Å². The molecule has 1 N–H and O–H groups in total. The minimum Gasteiger partial charge on any atom is -0.482 e. The number of rotatable bonds is 8. The number of hydrogen-bond acceptors (Lipinski definition) is 4. The zero-order chi connectivity index (χ0) is 20.7. The van der Waals surface area contributed by atoms with Gasteiger partial charge < -0.3 is 14.8 Å². The molecule has 0 aromatic heterocycles. The molecule has 0 heterocycles. The van der Waals surface area contributed by atoms with Crippen LogP contribution in [0.4, 0.5) is 5.69 Å². The molecule has 0 fully saturated rings. The lowest BCUT2D eigenvalue weighted by atomic mass is 9.97. The second kappa shape index (κ2) is 10.1. The minimum absolute atomic E-state index is 0.290. The van der Waals surface area contributed by atoms with Crippen molar-refractivity contribution in [3.05, 3.63) is 58.6 Å². The van der Waals surface area contributed by atoms with E-state index in [0.717, 1.165) is 23.2 Å². The van der Waals surface area contributed by atoms with Crippen LogP contribution in [0.1, 0.15) is 44.2 Å². The van der Waals surface area contributed by atoms with Crippen LogP contribution < -0.4 is 10.1 Å². The number of amides is 1. The highest BCUT2D eigenvalue weighted by molar-refractivity contribution is 6.31. The molecule has 0 aliphatic carbocycles. The molecule has 2 aromatic carbocycles. The van der Waals surface area contributed by atoms with Gasteiger partial charge in [0.25, 0.3) is 5.91 Å². The van der Waals surface area contributed by atoms with Crippen LogP contribution >= 0.6 is 11.6 Å². The molecule has 2 aromatic rings. The van der Waals surface area contributed by atoms with Gasteiger partial charge in [0.05, 0.1) is 0 Å². The molecule has 0 saturated carbocycles. The first-order valence-corrected chi connectivity index (χ1v) is 9.67. The van der Waals surface area contributed by atoms with Crippen molar-refractivity contribution in [1.82, 2.24) is 0 Å². The van der Waals surface area contributed by atoms with Gasteiger partial charge in [-0.1, -0.05) is 43.6 Å². The van der Waals surface area contributed by atoms with Gasteiger partial charge in [-0.2, -0.15) is 0 Å². The van der Waals surface area contributed by atoms with E-state index in [0.29, 0.717) is 16.7 Å². The molecule has 0 aliphatic heterocycles. The van der Waals surface area contributed by atoms with Crippen molar-refractivity contribution in [2.24, 2.45) is 0 Å². The zero-order valence-electron chi connectivity index (χ0n) is 16.6. The van der Waals surface area contributed by atoms with Gasteiger partial charge in [0.15, 0.2) is 12.7 Å². The fourth-order valence-electron chi connectivity index (χ4n) is 2.63. The fraction of sp³-hybridized carbons (Fsp3) is 0.364. The van der Waals surface area contributed by atoms with E-state index >= 15 is 0 Å². The van der Waals surface area contributed by atoms with Gasteiger partial charge in [0.2, 0.25) is 0 Å². The number of benzene rings is 2. The Hall–Kier alpha value is -2.53. The molecule has 2 rings (SSSR count). The maximum Gasteiger partial charge on any atom is 0.344 e. The smallest absolute Gasteiger partial charge is 0.344 e. The molecular weight excluding hydrogens is 378 g/mol. The van der Waals surface area contributed by atoms with Crippen LogP contribution in [0.3, 0.4) is 0 Å². The van der Waals surface area contributed by atoms with E-state index in [9.17, 15) is 9.59 Å². The van der Waals surface area contributed by atoms with Crippen molar-refractivity contribution >= 4 is 29.2 Å². The van der Waals surface area contributed by atoms with E-state index in [-0.39, 0.29) is 12.5 Å². The van der Waals surface area contributed by atoms with E-state index in [1.54, 1.807) is 18.2 Å². The fourth-order valence-corrected chi connectivity index (χ4v) is 2.75. The Balaban J connectivity index is 1.89. The van der Waals surface area contributed by atoms with Gasteiger partial charge in [-0.05, 0) is 61.6 Å². The van der Waals surface area contributed by atoms with E-state index in [1.807, 2.05) is 31.2 Å². The number of aryl methyl sites for hydroxylation is 1. The van der Waals surface area contributed by atoms with Crippen LogP contribution in [-0.4, -0.2) is 24.6 Å². The van der Waals surface area contributed by atoms with Gasteiger partial charge in [-0.25, -0.2) is 4.79 Å². The van der Waals surface area contributed by atoms with Crippen LogP contribution in [0.5, 0.6) is 5.75 Å². The highest BCUT2D eigenvalue weighted by Crippen LogP contribution is 2.26. The number of hydrogen-bond donors (Lipinski definition) is 1. The Kier molecular flexibility index (Phi) is 7.88. The first kappa shape index (κ1) is 21.8. The molecule has 0 radical (unpaired) electrons. The highest BCUT2D eigenvalue weighted by Gasteiger charge is 2.20. The molecule has 5 nitrogen and oxygen atoms in total. The molecule has 0 aliphatic rings. The summed E-state index contributed by atoms with van der Waals surface area (Å²) in [5, 5.41) is 3.47. The van der Waals surface area contributed by atoms with E-state index in [1.165, 1.54) is 6.92 Å². The first-order chi connectivity index (χ1) is 13.3. The summed E-state index contributed by atoms with van der Waals surface area (Å²) >= 11 is 5.96. The maximum atomic E-state index is 12.4. The van der Waals surface area contributed by atoms with Crippen LogP contribution in [0.15, 0.2) is 42.5 Å². The topological polar surface area (TPSA) is 64.6 Å². The second-order valence-corrected chi connectivity index (χ2v) is 7.12. The summed E-state index contributed by atoms with van der Waals surface area (Å²) in [7, 11) is 0. The van der Waals surface area contributed by atoms with Crippen molar-refractivity contribution in [1.29, 1.82) is 0 Å². The summed E-state index contributed by atoms with van der Waals surface area (Å²) < 4.78 is 10.6. The summed E-state index contributed by atoms with van der Waals surface area (Å²) in [5.74, 6) is -0.180. The SMILES string of the molecule is CC[C@@H](C)c1ccccc1NC(=O)[C@H](C)OC(=O)COc1ccc(Cl)c(C)c1. The molecular formula is C22H26ClNO4. The number of carbonyl (C=O) groups excluding carboxylic acids is 2. The number of nitrogens with one attached hydrogen (secondary N) is 1. The Morgan fingerprint density at radius 1 is 1.14 bits per heavy atom. The normalized spacial score (nSPS) is 12.8. The first-order valence-electron chi connectivity index (χ1n) is 9.30. The number of anilines is 1.